The van der Waals surface area contributed by atoms with Crippen molar-refractivity contribution in [3.05, 3.63) is 90.5 Å². The van der Waals surface area contributed by atoms with Crippen LogP contribution in [0.15, 0.2) is 84.9 Å². The first kappa shape index (κ1) is 21.1. The Morgan fingerprint density at radius 2 is 1.37 bits per heavy atom. The third kappa shape index (κ3) is 6.76. The van der Waals surface area contributed by atoms with Crippen LogP contribution in [-0.2, 0) is 16.0 Å². The van der Waals surface area contributed by atoms with Gasteiger partial charge in [0.2, 0.25) is 5.91 Å². The lowest BCUT2D eigenvalue weighted by atomic mass is 10.1. The van der Waals surface area contributed by atoms with Gasteiger partial charge in [0.1, 0.15) is 6.04 Å². The topological polar surface area (TPSA) is 97.9 Å². The summed E-state index contributed by atoms with van der Waals surface area (Å²) in [6, 6.07) is 25.9. The number of benzene rings is 3. The van der Waals surface area contributed by atoms with Gasteiger partial charge in [-0.05, 0) is 42.0 Å². The van der Waals surface area contributed by atoms with E-state index < -0.39 is 12.0 Å². The predicted octanol–water partition coefficient (Wildman–Crippen LogP) is 1.68. The first-order chi connectivity index (χ1) is 14.6. The summed E-state index contributed by atoms with van der Waals surface area (Å²) in [5, 5.41) is 19.1. The lowest BCUT2D eigenvalue weighted by Crippen LogP contribution is -2.93. The molecule has 30 heavy (non-hydrogen) atoms. The summed E-state index contributed by atoms with van der Waals surface area (Å²) in [7, 11) is 0. The van der Waals surface area contributed by atoms with Gasteiger partial charge in [-0.2, -0.15) is 0 Å². The van der Waals surface area contributed by atoms with Crippen LogP contribution in [0.5, 0.6) is 0 Å². The van der Waals surface area contributed by atoms with Crippen LogP contribution in [0, 0.1) is 0 Å². The average Bonchev–Trinajstić information content (AvgIpc) is 2.76. The molecule has 3 rings (SSSR count). The van der Waals surface area contributed by atoms with Gasteiger partial charge >= 0.3 is 0 Å². The summed E-state index contributed by atoms with van der Waals surface area (Å²) in [5.74, 6) is -1.59. The predicted molar refractivity (Wildman–Crippen MR) is 115 cm³/mol. The highest BCUT2D eigenvalue weighted by atomic mass is 16.4. The third-order valence-electron chi connectivity index (χ3n) is 4.67. The van der Waals surface area contributed by atoms with E-state index in [1.54, 1.807) is 17.4 Å². The fourth-order valence-corrected chi connectivity index (χ4v) is 3.10. The quantitative estimate of drug-likeness (QED) is 0.480. The molecule has 0 aliphatic rings. The zero-order valence-electron chi connectivity index (χ0n) is 16.6. The molecular formula is C24H25N3O3. The van der Waals surface area contributed by atoms with Crippen LogP contribution in [0.1, 0.15) is 12.0 Å². The Balaban J connectivity index is 1.48. The highest BCUT2D eigenvalue weighted by Crippen LogP contribution is 2.18. The normalized spacial score (nSPS) is 11.5. The van der Waals surface area contributed by atoms with E-state index in [0.717, 1.165) is 23.4 Å². The van der Waals surface area contributed by atoms with Crippen molar-refractivity contribution >= 4 is 28.9 Å². The van der Waals surface area contributed by atoms with Crippen molar-refractivity contribution in [2.45, 2.75) is 18.9 Å². The number of carboxylic acids is 1. The Morgan fingerprint density at radius 1 is 0.800 bits per heavy atom. The maximum absolute atomic E-state index is 12.3. The van der Waals surface area contributed by atoms with E-state index in [-0.39, 0.29) is 12.3 Å². The molecule has 0 unspecified atom stereocenters. The number of hydrogen-bond acceptors (Lipinski definition) is 4. The fourth-order valence-electron chi connectivity index (χ4n) is 3.10. The number of nitrogens with one attached hydrogen (secondary N) is 2. The second-order valence-electron chi connectivity index (χ2n) is 7.01. The molecule has 0 aliphatic heterocycles. The number of nitrogens with two attached hydrogens (primary N) is 1. The van der Waals surface area contributed by atoms with Gasteiger partial charge in [-0.3, -0.25) is 4.79 Å². The van der Waals surface area contributed by atoms with E-state index in [9.17, 15) is 14.7 Å². The van der Waals surface area contributed by atoms with E-state index in [4.69, 9.17) is 0 Å². The molecule has 3 aromatic rings. The molecule has 1 atom stereocenters. The molecule has 0 bridgehead atoms. The van der Waals surface area contributed by atoms with E-state index in [1.807, 2.05) is 72.8 Å². The molecule has 0 saturated carbocycles. The van der Waals surface area contributed by atoms with Gasteiger partial charge in [-0.25, -0.2) is 0 Å². The van der Waals surface area contributed by atoms with Gasteiger partial charge < -0.3 is 25.9 Å². The Hall–Kier alpha value is -3.64. The molecule has 0 radical (unpaired) electrons. The van der Waals surface area contributed by atoms with Crippen LogP contribution in [-0.4, -0.2) is 24.5 Å². The summed E-state index contributed by atoms with van der Waals surface area (Å²) >= 11 is 0. The number of anilines is 3. The number of carbonyl (C=O) groups is 2. The monoisotopic (exact) mass is 403 g/mol. The minimum absolute atomic E-state index is 0.152. The molecule has 0 fully saturated rings. The van der Waals surface area contributed by atoms with Crippen LogP contribution in [0.25, 0.3) is 0 Å². The maximum Gasteiger partial charge on any atom is 0.230 e. The van der Waals surface area contributed by atoms with E-state index in [1.165, 1.54) is 0 Å². The summed E-state index contributed by atoms with van der Waals surface area (Å²) in [5.41, 5.74) is 3.60. The summed E-state index contributed by atoms with van der Waals surface area (Å²) in [4.78, 5) is 23.7. The van der Waals surface area contributed by atoms with E-state index >= 15 is 0 Å². The number of amides is 1. The molecule has 1 amide bonds. The van der Waals surface area contributed by atoms with Crippen molar-refractivity contribution in [2.75, 3.05) is 17.2 Å². The van der Waals surface area contributed by atoms with Crippen molar-refractivity contribution < 1.29 is 20.0 Å². The smallest absolute Gasteiger partial charge is 0.230 e. The second-order valence-corrected chi connectivity index (χ2v) is 7.01. The Labute approximate surface area is 176 Å². The van der Waals surface area contributed by atoms with Crippen molar-refractivity contribution in [1.82, 2.24) is 0 Å². The number of aliphatic carboxylic acids is 1. The van der Waals surface area contributed by atoms with Gasteiger partial charge in [-0.15, -0.1) is 0 Å². The van der Waals surface area contributed by atoms with Crippen molar-refractivity contribution in [3.63, 3.8) is 0 Å². The SMILES string of the molecule is O=C(C[C@@H]([NH2+]CCc1ccccc1)C(=O)[O-])Nc1ccc(Nc2ccccc2)cc1. The number of rotatable bonds is 10. The Kier molecular flexibility index (Phi) is 7.58. The van der Waals surface area contributed by atoms with E-state index in [0.29, 0.717) is 12.2 Å². The van der Waals surface area contributed by atoms with Crippen LogP contribution in [0.4, 0.5) is 17.1 Å². The molecule has 0 heterocycles. The minimum Gasteiger partial charge on any atom is -0.544 e. The zero-order chi connectivity index (χ0) is 21.2. The van der Waals surface area contributed by atoms with Crippen molar-refractivity contribution in [1.29, 1.82) is 0 Å². The highest BCUT2D eigenvalue weighted by Gasteiger charge is 2.18. The number of para-hydroxylation sites is 1. The average molecular weight is 403 g/mol. The van der Waals surface area contributed by atoms with Crippen molar-refractivity contribution in [2.24, 2.45) is 0 Å². The highest BCUT2D eigenvalue weighted by molar-refractivity contribution is 5.93. The maximum atomic E-state index is 12.3. The molecule has 0 saturated heterocycles. The molecule has 6 heteroatoms. The first-order valence-electron chi connectivity index (χ1n) is 9.90. The molecule has 0 spiro atoms. The zero-order valence-corrected chi connectivity index (χ0v) is 16.6. The van der Waals surface area contributed by atoms with Crippen LogP contribution >= 0.6 is 0 Å². The van der Waals surface area contributed by atoms with Gasteiger partial charge in [0, 0.05) is 23.5 Å². The van der Waals surface area contributed by atoms with Crippen LogP contribution < -0.4 is 21.1 Å². The van der Waals surface area contributed by atoms with Gasteiger partial charge in [-0.1, -0.05) is 48.5 Å². The van der Waals surface area contributed by atoms with Crippen molar-refractivity contribution in [3.8, 4) is 0 Å². The summed E-state index contributed by atoms with van der Waals surface area (Å²) in [6.07, 6.45) is 0.573. The summed E-state index contributed by atoms with van der Waals surface area (Å²) < 4.78 is 0. The number of quaternary nitrogens is 1. The number of carboxylic acid groups (broad SMARTS) is 1. The molecule has 6 nitrogen and oxygen atoms in total. The van der Waals surface area contributed by atoms with E-state index in [2.05, 4.69) is 10.6 Å². The third-order valence-corrected chi connectivity index (χ3v) is 4.67. The minimum atomic E-state index is -1.24. The van der Waals surface area contributed by atoms with Gasteiger partial charge in [0.15, 0.2) is 0 Å². The molecule has 4 N–H and O–H groups in total. The molecular weight excluding hydrogens is 378 g/mol. The standard InChI is InChI=1S/C24H25N3O3/c28-23(17-22(24(29)30)25-16-15-18-7-3-1-4-8-18)27-21-13-11-20(12-14-21)26-19-9-5-2-6-10-19/h1-14,22,25-26H,15-17H2,(H,27,28)(H,29,30)/t22-/m1/s1. The lowest BCUT2D eigenvalue weighted by Gasteiger charge is -2.16. The Morgan fingerprint density at radius 3 is 2.00 bits per heavy atom. The number of hydrogen-bond donors (Lipinski definition) is 3. The van der Waals surface area contributed by atoms with Crippen LogP contribution in [0.3, 0.4) is 0 Å². The molecule has 154 valence electrons. The fraction of sp³-hybridized carbons (Fsp3) is 0.167. The second kappa shape index (κ2) is 10.8. The molecule has 0 aromatic heterocycles. The Bertz CT molecular complexity index is 944. The van der Waals surface area contributed by atoms with Crippen LogP contribution in [0.2, 0.25) is 0 Å². The molecule has 3 aromatic carbocycles. The molecule has 0 aliphatic carbocycles. The summed E-state index contributed by atoms with van der Waals surface area (Å²) in [6.45, 7) is 0.565. The van der Waals surface area contributed by atoms with Gasteiger partial charge in [0.25, 0.3) is 0 Å². The lowest BCUT2D eigenvalue weighted by molar-refractivity contribution is -0.682. The largest absolute Gasteiger partial charge is 0.544 e. The first-order valence-corrected chi connectivity index (χ1v) is 9.90. The number of carbonyl (C=O) groups excluding carboxylic acids is 2. The van der Waals surface area contributed by atoms with Gasteiger partial charge in [0.05, 0.1) is 18.9 Å².